The Balaban J connectivity index is 3.29. The number of alkyl halides is 3. The van der Waals surface area contributed by atoms with Crippen LogP contribution in [0, 0.1) is 0 Å². The topological polar surface area (TPSA) is 106 Å². The second-order valence-electron chi connectivity index (χ2n) is 3.22. The van der Waals surface area contributed by atoms with Gasteiger partial charge in [-0.25, -0.2) is 0 Å². The quantitative estimate of drug-likeness (QED) is 0.743. The normalized spacial score (nSPS) is 11.3. The zero-order valence-electron chi connectivity index (χ0n) is 8.86. The Morgan fingerprint density at radius 1 is 1.50 bits per heavy atom. The molecule has 0 fully saturated rings. The van der Waals surface area contributed by atoms with Crippen molar-refractivity contribution in [2.75, 3.05) is 0 Å². The summed E-state index contributed by atoms with van der Waals surface area (Å²) in [6, 6.07) is 0. The van der Waals surface area contributed by atoms with Gasteiger partial charge in [0.15, 0.2) is 5.75 Å². The average molecular weight is 266 g/mol. The number of carbonyl (C=O) groups is 1. The molecule has 0 radical (unpaired) electrons. The number of carboxylic acid groups (broad SMARTS) is 1. The lowest BCUT2D eigenvalue weighted by molar-refractivity contribution is -0.275. The Kier molecular flexibility index (Phi) is 3.96. The van der Waals surface area contributed by atoms with E-state index in [4.69, 9.17) is 10.8 Å². The third-order valence-electron chi connectivity index (χ3n) is 1.93. The second-order valence-corrected chi connectivity index (χ2v) is 3.22. The van der Waals surface area contributed by atoms with Gasteiger partial charge in [0.05, 0.1) is 23.9 Å². The molecule has 0 saturated carbocycles. The van der Waals surface area contributed by atoms with Gasteiger partial charge < -0.3 is 20.7 Å². The molecular weight excluding hydrogens is 257 g/mol. The molecule has 0 aliphatic heterocycles. The molecule has 6 nitrogen and oxygen atoms in total. The molecule has 9 heteroatoms. The van der Waals surface area contributed by atoms with Crippen molar-refractivity contribution in [3.63, 3.8) is 0 Å². The van der Waals surface area contributed by atoms with Gasteiger partial charge in [-0.05, 0) is 0 Å². The van der Waals surface area contributed by atoms with Crippen LogP contribution in [0.4, 0.5) is 13.2 Å². The molecule has 100 valence electrons. The van der Waals surface area contributed by atoms with Crippen molar-refractivity contribution in [1.82, 2.24) is 4.98 Å². The maximum absolute atomic E-state index is 12.2. The van der Waals surface area contributed by atoms with Crippen LogP contribution in [-0.2, 0) is 17.8 Å². The minimum absolute atomic E-state index is 0.349. The first-order valence-electron chi connectivity index (χ1n) is 4.62. The van der Waals surface area contributed by atoms with Crippen molar-refractivity contribution in [2.24, 2.45) is 5.73 Å². The maximum atomic E-state index is 12.2. The van der Waals surface area contributed by atoms with Gasteiger partial charge in [0, 0.05) is 6.54 Å². The molecule has 0 aliphatic carbocycles. The molecule has 1 rings (SSSR count). The van der Waals surface area contributed by atoms with E-state index in [1.54, 1.807) is 0 Å². The van der Waals surface area contributed by atoms with Gasteiger partial charge in [-0.1, -0.05) is 0 Å². The fourth-order valence-corrected chi connectivity index (χ4v) is 1.27. The fraction of sp³-hybridized carbons (Fsp3) is 0.333. The highest BCUT2D eigenvalue weighted by Crippen LogP contribution is 2.33. The van der Waals surface area contributed by atoms with Crippen molar-refractivity contribution >= 4 is 5.97 Å². The predicted molar refractivity (Wildman–Crippen MR) is 51.8 cm³/mol. The van der Waals surface area contributed by atoms with E-state index in [-0.39, 0.29) is 5.56 Å². The zero-order valence-corrected chi connectivity index (χ0v) is 8.86. The van der Waals surface area contributed by atoms with Crippen LogP contribution in [0.25, 0.3) is 0 Å². The van der Waals surface area contributed by atoms with E-state index in [2.05, 4.69) is 9.72 Å². The maximum Gasteiger partial charge on any atom is 0.573 e. The number of carboxylic acids is 1. The number of aliphatic carboxylic acids is 1. The van der Waals surface area contributed by atoms with Crippen LogP contribution >= 0.6 is 0 Å². The lowest BCUT2D eigenvalue weighted by atomic mass is 10.1. The molecule has 1 heterocycles. The number of hydrogen-bond donors (Lipinski definition) is 3. The summed E-state index contributed by atoms with van der Waals surface area (Å²) in [6.07, 6.45) is -4.99. The number of aromatic nitrogens is 1. The van der Waals surface area contributed by atoms with Crippen molar-refractivity contribution < 1.29 is 32.9 Å². The SMILES string of the molecule is NCc1c(O)cnc(CC(=O)O)c1OC(F)(F)F. The average Bonchev–Trinajstić information content (AvgIpc) is 2.20. The van der Waals surface area contributed by atoms with Crippen LogP contribution in [-0.4, -0.2) is 27.5 Å². The number of hydrogen-bond acceptors (Lipinski definition) is 5. The van der Waals surface area contributed by atoms with Crippen LogP contribution in [0.1, 0.15) is 11.3 Å². The first-order chi connectivity index (χ1) is 8.24. The summed E-state index contributed by atoms with van der Waals surface area (Å²) in [5.41, 5.74) is 4.38. The summed E-state index contributed by atoms with van der Waals surface area (Å²) in [4.78, 5) is 13.9. The first-order valence-corrected chi connectivity index (χ1v) is 4.62. The number of rotatable bonds is 4. The Labute approximate surface area is 98.8 Å². The molecule has 1 aromatic rings. The number of aromatic hydroxyl groups is 1. The fourth-order valence-electron chi connectivity index (χ4n) is 1.27. The Morgan fingerprint density at radius 3 is 2.56 bits per heavy atom. The number of nitrogens with two attached hydrogens (primary N) is 1. The molecule has 0 unspecified atom stereocenters. The molecule has 1 aromatic heterocycles. The summed E-state index contributed by atoms with van der Waals surface area (Å²) in [6.45, 7) is -0.452. The van der Waals surface area contributed by atoms with Crippen LogP contribution in [0.5, 0.6) is 11.5 Å². The molecule has 0 aliphatic rings. The van der Waals surface area contributed by atoms with Crippen molar-refractivity contribution in [3.8, 4) is 11.5 Å². The minimum Gasteiger partial charge on any atom is -0.506 e. The monoisotopic (exact) mass is 266 g/mol. The van der Waals surface area contributed by atoms with Crippen LogP contribution in [0.15, 0.2) is 6.20 Å². The highest BCUT2D eigenvalue weighted by atomic mass is 19.4. The van der Waals surface area contributed by atoms with Gasteiger partial charge in [0.1, 0.15) is 5.75 Å². The number of halogens is 3. The lowest BCUT2D eigenvalue weighted by Crippen LogP contribution is -2.21. The highest BCUT2D eigenvalue weighted by Gasteiger charge is 2.34. The molecule has 0 aromatic carbocycles. The largest absolute Gasteiger partial charge is 0.573 e. The molecule has 0 spiro atoms. The summed E-state index contributed by atoms with van der Waals surface area (Å²) in [5.74, 6) is -2.85. The lowest BCUT2D eigenvalue weighted by Gasteiger charge is -2.15. The number of pyridine rings is 1. The third kappa shape index (κ3) is 3.48. The second kappa shape index (κ2) is 5.08. The Morgan fingerprint density at radius 2 is 2.11 bits per heavy atom. The van der Waals surface area contributed by atoms with Crippen LogP contribution in [0.3, 0.4) is 0 Å². The van der Waals surface area contributed by atoms with E-state index >= 15 is 0 Å². The standard InChI is InChI=1S/C9H9F3N2O4/c10-9(11,12)18-8-4(2-13)6(15)3-14-5(8)1-7(16)17/h3,15H,1-2,13H2,(H,16,17). The van der Waals surface area contributed by atoms with Crippen LogP contribution in [0.2, 0.25) is 0 Å². The molecule has 4 N–H and O–H groups in total. The third-order valence-corrected chi connectivity index (χ3v) is 1.93. The molecule has 0 amide bonds. The first kappa shape index (κ1) is 14.0. The van der Waals surface area contributed by atoms with Gasteiger partial charge in [-0.3, -0.25) is 9.78 Å². The van der Waals surface area contributed by atoms with E-state index in [1.807, 2.05) is 0 Å². The van der Waals surface area contributed by atoms with E-state index in [9.17, 15) is 23.1 Å². The summed E-state index contributed by atoms with van der Waals surface area (Å²) in [5, 5.41) is 17.9. The molecule has 0 atom stereocenters. The predicted octanol–water partition coefficient (Wildman–Crippen LogP) is 0.772. The molecule has 18 heavy (non-hydrogen) atoms. The van der Waals surface area contributed by atoms with E-state index in [0.717, 1.165) is 6.20 Å². The summed E-state index contributed by atoms with van der Waals surface area (Å²) in [7, 11) is 0. The zero-order chi connectivity index (χ0) is 13.9. The summed E-state index contributed by atoms with van der Waals surface area (Å²) >= 11 is 0. The van der Waals surface area contributed by atoms with Crippen molar-refractivity contribution in [2.45, 2.75) is 19.3 Å². The molecule has 0 saturated heterocycles. The molecular formula is C9H9F3N2O4. The van der Waals surface area contributed by atoms with E-state index < -0.39 is 42.5 Å². The van der Waals surface area contributed by atoms with Gasteiger partial charge >= 0.3 is 12.3 Å². The molecule has 0 bridgehead atoms. The minimum atomic E-state index is -5.04. The van der Waals surface area contributed by atoms with Gasteiger partial charge in [0.2, 0.25) is 0 Å². The van der Waals surface area contributed by atoms with Crippen molar-refractivity contribution in [3.05, 3.63) is 17.5 Å². The van der Waals surface area contributed by atoms with E-state index in [0.29, 0.717) is 0 Å². The highest BCUT2D eigenvalue weighted by molar-refractivity contribution is 5.71. The Bertz CT molecular complexity index is 462. The van der Waals surface area contributed by atoms with Gasteiger partial charge in [0.25, 0.3) is 0 Å². The Hall–Kier alpha value is -2.03. The van der Waals surface area contributed by atoms with Crippen molar-refractivity contribution in [1.29, 1.82) is 0 Å². The van der Waals surface area contributed by atoms with Gasteiger partial charge in [-0.15, -0.1) is 13.2 Å². The van der Waals surface area contributed by atoms with E-state index in [1.165, 1.54) is 0 Å². The summed E-state index contributed by atoms with van der Waals surface area (Å²) < 4.78 is 40.2. The number of ether oxygens (including phenoxy) is 1. The van der Waals surface area contributed by atoms with Gasteiger partial charge in [-0.2, -0.15) is 0 Å². The number of nitrogens with zero attached hydrogens (tertiary/aromatic N) is 1. The van der Waals surface area contributed by atoms with Crippen LogP contribution < -0.4 is 10.5 Å². The smallest absolute Gasteiger partial charge is 0.506 e.